The van der Waals surface area contributed by atoms with Gasteiger partial charge < -0.3 is 11.1 Å². The normalized spacial score (nSPS) is 11.5. The third kappa shape index (κ3) is 4.00. The van der Waals surface area contributed by atoms with Gasteiger partial charge in [0, 0.05) is 10.2 Å². The van der Waals surface area contributed by atoms with E-state index in [0.717, 1.165) is 10.2 Å². The Hall–Kier alpha value is -1.54. The second kappa shape index (κ2) is 5.37. The van der Waals surface area contributed by atoms with Crippen molar-refractivity contribution in [2.75, 3.05) is 5.32 Å². The van der Waals surface area contributed by atoms with E-state index >= 15 is 0 Å². The number of nitrogens with zero attached hydrogens (tertiary/aromatic N) is 1. The van der Waals surface area contributed by atoms with Gasteiger partial charge in [-0.2, -0.15) is 5.26 Å². The summed E-state index contributed by atoms with van der Waals surface area (Å²) < 4.78 is 0.955. The van der Waals surface area contributed by atoms with Gasteiger partial charge in [0.25, 0.3) is 0 Å². The van der Waals surface area contributed by atoms with Crippen molar-refractivity contribution < 1.29 is 4.79 Å². The van der Waals surface area contributed by atoms with Gasteiger partial charge in [-0.3, -0.25) is 4.79 Å². The van der Waals surface area contributed by atoms with Crippen molar-refractivity contribution in [3.05, 3.63) is 28.7 Å². The highest BCUT2D eigenvalue weighted by atomic mass is 79.9. The Kier molecular flexibility index (Phi) is 4.13. The molecule has 1 aromatic rings. The van der Waals surface area contributed by atoms with Gasteiger partial charge in [-0.25, -0.2) is 0 Å². The maximum atomic E-state index is 10.6. The van der Waals surface area contributed by atoms with Crippen LogP contribution in [0.2, 0.25) is 0 Å². The fourth-order valence-electron chi connectivity index (χ4n) is 1.08. The molecule has 0 fully saturated rings. The molecular weight excluding hydrogens is 258 g/mol. The van der Waals surface area contributed by atoms with Crippen LogP contribution in [0.4, 0.5) is 5.69 Å². The van der Waals surface area contributed by atoms with E-state index in [1.807, 2.05) is 30.3 Å². The first-order valence-corrected chi connectivity index (χ1v) is 5.11. The summed E-state index contributed by atoms with van der Waals surface area (Å²) in [4.78, 5) is 10.6. The smallest absolute Gasteiger partial charge is 0.220 e. The Labute approximate surface area is 96.2 Å². The molecule has 78 valence electrons. The molecule has 3 N–H and O–H groups in total. The van der Waals surface area contributed by atoms with E-state index in [1.54, 1.807) is 0 Å². The molecule has 0 saturated carbocycles. The fraction of sp³-hybridized carbons (Fsp3) is 0.200. The minimum Gasteiger partial charge on any atom is -0.370 e. The summed E-state index contributed by atoms with van der Waals surface area (Å²) >= 11 is 3.30. The molecule has 0 aliphatic carbocycles. The average Bonchev–Trinajstić information content (AvgIpc) is 2.19. The van der Waals surface area contributed by atoms with E-state index in [-0.39, 0.29) is 6.42 Å². The van der Waals surface area contributed by atoms with Crippen LogP contribution in [0.15, 0.2) is 28.7 Å². The van der Waals surface area contributed by atoms with Gasteiger partial charge in [-0.15, -0.1) is 0 Å². The molecule has 1 unspecified atom stereocenters. The zero-order valence-electron chi connectivity index (χ0n) is 7.90. The molecule has 1 aromatic carbocycles. The lowest BCUT2D eigenvalue weighted by Gasteiger charge is -2.10. The highest BCUT2D eigenvalue weighted by Gasteiger charge is 2.09. The van der Waals surface area contributed by atoms with Gasteiger partial charge in [0.15, 0.2) is 0 Å². The van der Waals surface area contributed by atoms with Crippen molar-refractivity contribution in [3.63, 3.8) is 0 Å². The topological polar surface area (TPSA) is 78.9 Å². The Balaban J connectivity index is 2.63. The number of benzene rings is 1. The number of amides is 1. The molecule has 0 aliphatic rings. The number of rotatable bonds is 4. The summed E-state index contributed by atoms with van der Waals surface area (Å²) in [5.41, 5.74) is 5.79. The molecule has 0 radical (unpaired) electrons. The molecule has 0 saturated heterocycles. The first-order valence-electron chi connectivity index (χ1n) is 4.32. The predicted octanol–water partition coefficient (Wildman–Crippen LogP) is 1.63. The van der Waals surface area contributed by atoms with Crippen LogP contribution in [0.25, 0.3) is 0 Å². The third-order valence-corrected chi connectivity index (χ3v) is 2.27. The molecule has 0 aliphatic heterocycles. The number of carbonyl (C=O) groups excluding carboxylic acids is 1. The molecule has 0 heterocycles. The van der Waals surface area contributed by atoms with E-state index in [1.165, 1.54) is 0 Å². The Morgan fingerprint density at radius 1 is 1.53 bits per heavy atom. The molecule has 1 atom stereocenters. The van der Waals surface area contributed by atoms with Gasteiger partial charge in [-0.05, 0) is 24.3 Å². The molecule has 15 heavy (non-hydrogen) atoms. The Morgan fingerprint density at radius 2 is 2.13 bits per heavy atom. The first-order chi connectivity index (χ1) is 7.11. The van der Waals surface area contributed by atoms with Crippen molar-refractivity contribution >= 4 is 27.5 Å². The second-order valence-electron chi connectivity index (χ2n) is 3.00. The molecule has 1 amide bonds. The number of primary amides is 1. The summed E-state index contributed by atoms with van der Waals surface area (Å²) in [5, 5.41) is 11.7. The summed E-state index contributed by atoms with van der Waals surface area (Å²) in [7, 11) is 0. The number of nitriles is 1. The number of hydrogen-bond donors (Lipinski definition) is 2. The van der Waals surface area contributed by atoms with Gasteiger partial charge in [0.2, 0.25) is 5.91 Å². The molecular formula is C10H10BrN3O. The van der Waals surface area contributed by atoms with E-state index in [0.29, 0.717) is 0 Å². The van der Waals surface area contributed by atoms with Crippen LogP contribution in [0, 0.1) is 11.3 Å². The minimum atomic E-state index is -0.580. The lowest BCUT2D eigenvalue weighted by atomic mass is 10.2. The summed E-state index contributed by atoms with van der Waals surface area (Å²) in [6, 6.07) is 8.72. The highest BCUT2D eigenvalue weighted by Crippen LogP contribution is 2.15. The molecule has 5 heteroatoms. The molecule has 4 nitrogen and oxygen atoms in total. The number of halogens is 1. The largest absolute Gasteiger partial charge is 0.370 e. The zero-order chi connectivity index (χ0) is 11.3. The van der Waals surface area contributed by atoms with Crippen molar-refractivity contribution in [1.82, 2.24) is 0 Å². The number of carbonyl (C=O) groups is 1. The summed E-state index contributed by atoms with van der Waals surface area (Å²) in [5.74, 6) is -0.494. The monoisotopic (exact) mass is 267 g/mol. The SMILES string of the molecule is N#CC(CC(N)=O)Nc1ccc(Br)cc1. The van der Waals surface area contributed by atoms with Crippen LogP contribution in [-0.2, 0) is 4.79 Å². The van der Waals surface area contributed by atoms with Crippen molar-refractivity contribution in [2.24, 2.45) is 5.73 Å². The van der Waals surface area contributed by atoms with E-state index in [2.05, 4.69) is 21.2 Å². The van der Waals surface area contributed by atoms with Crippen molar-refractivity contribution in [3.8, 4) is 6.07 Å². The van der Waals surface area contributed by atoms with Crippen molar-refractivity contribution in [1.29, 1.82) is 5.26 Å². The quantitative estimate of drug-likeness (QED) is 0.871. The van der Waals surface area contributed by atoms with E-state index < -0.39 is 11.9 Å². The maximum Gasteiger partial charge on any atom is 0.220 e. The fourth-order valence-corrected chi connectivity index (χ4v) is 1.34. The number of anilines is 1. The van der Waals surface area contributed by atoms with Gasteiger partial charge in [0.05, 0.1) is 12.5 Å². The predicted molar refractivity (Wildman–Crippen MR) is 61.0 cm³/mol. The van der Waals surface area contributed by atoms with E-state index in [9.17, 15) is 4.79 Å². The van der Waals surface area contributed by atoms with E-state index in [4.69, 9.17) is 11.0 Å². The second-order valence-corrected chi connectivity index (χ2v) is 3.92. The summed E-state index contributed by atoms with van der Waals surface area (Å²) in [6.07, 6.45) is 0.00651. The molecule has 0 bridgehead atoms. The molecule has 0 aromatic heterocycles. The van der Waals surface area contributed by atoms with Gasteiger partial charge >= 0.3 is 0 Å². The standard InChI is InChI=1S/C10H10BrN3O/c11-7-1-3-8(4-2-7)14-9(6-12)5-10(13)15/h1-4,9,14H,5H2,(H2,13,15). The number of hydrogen-bond acceptors (Lipinski definition) is 3. The first kappa shape index (κ1) is 11.5. The molecule has 1 rings (SSSR count). The highest BCUT2D eigenvalue weighted by molar-refractivity contribution is 9.10. The third-order valence-electron chi connectivity index (χ3n) is 1.75. The molecule has 0 spiro atoms. The van der Waals surface area contributed by atoms with Crippen LogP contribution < -0.4 is 11.1 Å². The van der Waals surface area contributed by atoms with Crippen LogP contribution in [0.1, 0.15) is 6.42 Å². The van der Waals surface area contributed by atoms with Crippen LogP contribution in [-0.4, -0.2) is 11.9 Å². The number of nitrogens with two attached hydrogens (primary N) is 1. The Morgan fingerprint density at radius 3 is 2.60 bits per heavy atom. The number of nitrogens with one attached hydrogen (secondary N) is 1. The Bertz CT molecular complexity index is 383. The lowest BCUT2D eigenvalue weighted by molar-refractivity contribution is -0.118. The summed E-state index contributed by atoms with van der Waals surface area (Å²) in [6.45, 7) is 0. The lowest BCUT2D eigenvalue weighted by Crippen LogP contribution is -2.25. The van der Waals surface area contributed by atoms with Gasteiger partial charge in [-0.1, -0.05) is 15.9 Å². The zero-order valence-corrected chi connectivity index (χ0v) is 9.49. The maximum absolute atomic E-state index is 10.6. The average molecular weight is 268 g/mol. The van der Waals surface area contributed by atoms with Crippen LogP contribution >= 0.6 is 15.9 Å². The van der Waals surface area contributed by atoms with Crippen LogP contribution in [0.3, 0.4) is 0 Å². The van der Waals surface area contributed by atoms with Gasteiger partial charge in [0.1, 0.15) is 6.04 Å². The van der Waals surface area contributed by atoms with Crippen molar-refractivity contribution in [2.45, 2.75) is 12.5 Å². The van der Waals surface area contributed by atoms with Crippen LogP contribution in [0.5, 0.6) is 0 Å². The minimum absolute atomic E-state index is 0.00651.